The monoisotopic (exact) mass is 330 g/mol. The topological polar surface area (TPSA) is 66.0 Å². The summed E-state index contributed by atoms with van der Waals surface area (Å²) < 4.78 is 0. The Bertz CT molecular complexity index is 748. The number of nitrogens with one attached hydrogen (secondary N) is 1. The summed E-state index contributed by atoms with van der Waals surface area (Å²) >= 11 is 6.11. The standard InChI is InChI=1S/C17H16ClN3O2/c18-13-6-2-1-5-12(13)9-19-10-17(23)21-11-16(22)20-14-7-3-4-8-15(14)21/h1-8,19H,9-11H2,(H,20,22)/p+1. The zero-order valence-corrected chi connectivity index (χ0v) is 13.2. The zero-order chi connectivity index (χ0) is 16.2. The van der Waals surface area contributed by atoms with Crippen molar-refractivity contribution in [3.63, 3.8) is 0 Å². The number of benzene rings is 2. The quantitative estimate of drug-likeness (QED) is 0.889. The lowest BCUT2D eigenvalue weighted by atomic mass is 10.2. The predicted octanol–water partition coefficient (Wildman–Crippen LogP) is 1.39. The van der Waals surface area contributed by atoms with Gasteiger partial charge in [-0.1, -0.05) is 41.9 Å². The molecule has 118 valence electrons. The number of para-hydroxylation sites is 2. The number of amides is 2. The third kappa shape index (κ3) is 3.52. The molecule has 5 nitrogen and oxygen atoms in total. The van der Waals surface area contributed by atoms with E-state index < -0.39 is 0 Å². The maximum atomic E-state index is 12.5. The van der Waals surface area contributed by atoms with E-state index in [1.165, 1.54) is 4.90 Å². The van der Waals surface area contributed by atoms with Gasteiger partial charge in [0, 0.05) is 10.6 Å². The number of hydrogen-bond acceptors (Lipinski definition) is 2. The average Bonchev–Trinajstić information content (AvgIpc) is 2.55. The number of halogens is 1. The number of rotatable bonds is 4. The SMILES string of the molecule is O=C1CN(C(=O)C[NH2+]Cc2ccccc2Cl)c2ccccc2N1. The minimum absolute atomic E-state index is 0.0514. The molecule has 0 aliphatic carbocycles. The number of carbonyl (C=O) groups excluding carboxylic acids is 2. The van der Waals surface area contributed by atoms with Crippen LogP contribution in [0.5, 0.6) is 0 Å². The normalized spacial score (nSPS) is 13.4. The molecule has 3 N–H and O–H groups in total. The first-order chi connectivity index (χ1) is 11.1. The van der Waals surface area contributed by atoms with E-state index in [0.717, 1.165) is 11.3 Å². The highest BCUT2D eigenvalue weighted by atomic mass is 35.5. The molecule has 0 saturated carbocycles. The lowest BCUT2D eigenvalue weighted by molar-refractivity contribution is -0.659. The van der Waals surface area contributed by atoms with Gasteiger partial charge in [0.2, 0.25) is 5.91 Å². The van der Waals surface area contributed by atoms with Crippen LogP contribution < -0.4 is 15.5 Å². The van der Waals surface area contributed by atoms with Crippen LogP contribution in [0.1, 0.15) is 5.56 Å². The van der Waals surface area contributed by atoms with Crippen LogP contribution in [-0.4, -0.2) is 24.9 Å². The Morgan fingerprint density at radius 3 is 2.74 bits per heavy atom. The second-order valence-electron chi connectivity index (χ2n) is 5.33. The Morgan fingerprint density at radius 1 is 1.17 bits per heavy atom. The Kier molecular flexibility index (Phi) is 4.60. The number of nitrogens with two attached hydrogens (primary N) is 1. The fourth-order valence-electron chi connectivity index (χ4n) is 2.58. The van der Waals surface area contributed by atoms with Crippen molar-refractivity contribution in [2.24, 2.45) is 0 Å². The molecule has 6 heteroatoms. The fraction of sp³-hybridized carbons (Fsp3) is 0.176. The molecule has 0 saturated heterocycles. The van der Waals surface area contributed by atoms with Crippen LogP contribution in [0.3, 0.4) is 0 Å². The Balaban J connectivity index is 1.65. The molecule has 0 radical (unpaired) electrons. The van der Waals surface area contributed by atoms with Crippen LogP contribution in [0.25, 0.3) is 0 Å². The summed E-state index contributed by atoms with van der Waals surface area (Å²) in [6.07, 6.45) is 0. The van der Waals surface area contributed by atoms with Crippen LogP contribution in [0.15, 0.2) is 48.5 Å². The molecule has 1 aliphatic rings. The molecule has 0 spiro atoms. The van der Waals surface area contributed by atoms with Gasteiger partial charge in [0.1, 0.15) is 13.1 Å². The molecule has 0 aromatic heterocycles. The first-order valence-corrected chi connectivity index (χ1v) is 7.77. The van der Waals surface area contributed by atoms with E-state index in [-0.39, 0.29) is 24.9 Å². The summed E-state index contributed by atoms with van der Waals surface area (Å²) in [5, 5.41) is 5.35. The molecule has 1 aliphatic heterocycles. The molecule has 0 fully saturated rings. The molecule has 0 bridgehead atoms. The van der Waals surface area contributed by atoms with E-state index in [0.29, 0.717) is 17.3 Å². The molecular weight excluding hydrogens is 314 g/mol. The zero-order valence-electron chi connectivity index (χ0n) is 12.5. The first kappa shape index (κ1) is 15.5. The van der Waals surface area contributed by atoms with E-state index in [4.69, 9.17) is 11.6 Å². The number of anilines is 2. The summed E-state index contributed by atoms with van der Waals surface area (Å²) in [7, 11) is 0. The molecule has 2 aromatic carbocycles. The largest absolute Gasteiger partial charge is 0.335 e. The summed E-state index contributed by atoms with van der Waals surface area (Å²) in [4.78, 5) is 25.7. The second-order valence-corrected chi connectivity index (χ2v) is 5.74. The second kappa shape index (κ2) is 6.81. The van der Waals surface area contributed by atoms with Crippen molar-refractivity contribution in [2.45, 2.75) is 6.54 Å². The third-order valence-corrected chi connectivity index (χ3v) is 4.08. The molecule has 0 unspecified atom stereocenters. The van der Waals surface area contributed by atoms with Crippen LogP contribution in [-0.2, 0) is 16.1 Å². The van der Waals surface area contributed by atoms with Crippen molar-refractivity contribution in [1.29, 1.82) is 0 Å². The molecule has 23 heavy (non-hydrogen) atoms. The smallest absolute Gasteiger partial charge is 0.282 e. The van der Waals surface area contributed by atoms with Crippen LogP contribution in [0, 0.1) is 0 Å². The van der Waals surface area contributed by atoms with Gasteiger partial charge in [-0.15, -0.1) is 0 Å². The summed E-state index contributed by atoms with van der Waals surface area (Å²) in [6.45, 7) is 0.926. The fourth-order valence-corrected chi connectivity index (χ4v) is 2.79. The third-order valence-electron chi connectivity index (χ3n) is 3.71. The van der Waals surface area contributed by atoms with Crippen molar-refractivity contribution in [1.82, 2.24) is 0 Å². The summed E-state index contributed by atoms with van der Waals surface area (Å²) in [6, 6.07) is 14.9. The van der Waals surface area contributed by atoms with Crippen molar-refractivity contribution in [3.05, 3.63) is 59.1 Å². The number of fused-ring (bicyclic) bond motifs is 1. The van der Waals surface area contributed by atoms with Gasteiger partial charge in [-0.3, -0.25) is 14.5 Å². The molecule has 2 amide bonds. The first-order valence-electron chi connectivity index (χ1n) is 7.39. The lowest BCUT2D eigenvalue weighted by Gasteiger charge is -2.28. The van der Waals surface area contributed by atoms with Crippen LogP contribution in [0.2, 0.25) is 5.02 Å². The Morgan fingerprint density at radius 2 is 1.91 bits per heavy atom. The van der Waals surface area contributed by atoms with E-state index in [9.17, 15) is 9.59 Å². The number of carbonyl (C=O) groups is 2. The molecule has 0 atom stereocenters. The van der Waals surface area contributed by atoms with E-state index >= 15 is 0 Å². The number of nitrogens with zero attached hydrogens (tertiary/aromatic N) is 1. The van der Waals surface area contributed by atoms with Crippen molar-refractivity contribution < 1.29 is 14.9 Å². The van der Waals surface area contributed by atoms with Gasteiger partial charge in [-0.2, -0.15) is 0 Å². The van der Waals surface area contributed by atoms with Gasteiger partial charge in [0.05, 0.1) is 11.4 Å². The van der Waals surface area contributed by atoms with Gasteiger partial charge in [-0.05, 0) is 18.2 Å². The van der Waals surface area contributed by atoms with Crippen molar-refractivity contribution in [3.8, 4) is 0 Å². The Labute approximate surface area is 139 Å². The van der Waals surface area contributed by atoms with E-state index in [1.54, 1.807) is 6.07 Å². The maximum absolute atomic E-state index is 12.5. The minimum Gasteiger partial charge on any atom is -0.335 e. The van der Waals surface area contributed by atoms with Crippen LogP contribution >= 0.6 is 11.6 Å². The minimum atomic E-state index is -0.178. The lowest BCUT2D eigenvalue weighted by Crippen LogP contribution is -2.85. The van der Waals surface area contributed by atoms with Gasteiger partial charge >= 0.3 is 0 Å². The van der Waals surface area contributed by atoms with Gasteiger partial charge in [-0.25, -0.2) is 0 Å². The highest BCUT2D eigenvalue weighted by molar-refractivity contribution is 6.31. The molecule has 3 rings (SSSR count). The molecular formula is C17H17ClN3O2+. The number of hydrogen-bond donors (Lipinski definition) is 2. The predicted molar refractivity (Wildman–Crippen MR) is 89.4 cm³/mol. The van der Waals surface area contributed by atoms with Gasteiger partial charge in [0.15, 0.2) is 6.54 Å². The average molecular weight is 331 g/mol. The van der Waals surface area contributed by atoms with Crippen LogP contribution in [0.4, 0.5) is 11.4 Å². The summed E-state index contributed by atoms with van der Waals surface area (Å²) in [5.74, 6) is -0.275. The Hall–Kier alpha value is -2.37. The number of quaternary nitrogens is 1. The van der Waals surface area contributed by atoms with E-state index in [1.807, 2.05) is 47.8 Å². The highest BCUT2D eigenvalue weighted by Crippen LogP contribution is 2.28. The van der Waals surface area contributed by atoms with Gasteiger partial charge in [0.25, 0.3) is 5.91 Å². The molecule has 1 heterocycles. The van der Waals surface area contributed by atoms with Crippen molar-refractivity contribution >= 4 is 34.8 Å². The molecule has 2 aromatic rings. The maximum Gasteiger partial charge on any atom is 0.282 e. The van der Waals surface area contributed by atoms with E-state index in [2.05, 4.69) is 5.32 Å². The van der Waals surface area contributed by atoms with Crippen molar-refractivity contribution in [2.75, 3.05) is 23.3 Å². The highest BCUT2D eigenvalue weighted by Gasteiger charge is 2.27. The van der Waals surface area contributed by atoms with Gasteiger partial charge < -0.3 is 10.6 Å². The summed E-state index contributed by atoms with van der Waals surface area (Å²) in [5.41, 5.74) is 2.39.